The summed E-state index contributed by atoms with van der Waals surface area (Å²) in [5, 5.41) is 8.44. The lowest BCUT2D eigenvalue weighted by molar-refractivity contribution is -0.164. The molecule has 17 heavy (non-hydrogen) atoms. The van der Waals surface area contributed by atoms with Gasteiger partial charge in [0.1, 0.15) is 21.6 Å². The first-order chi connectivity index (χ1) is 8.00. The highest BCUT2D eigenvalue weighted by Gasteiger charge is 2.38. The van der Waals surface area contributed by atoms with E-state index >= 15 is 0 Å². The maximum Gasteiger partial charge on any atom is 0.321 e. The molecule has 0 saturated heterocycles. The highest BCUT2D eigenvalue weighted by molar-refractivity contribution is 6.30. The van der Waals surface area contributed by atoms with Crippen molar-refractivity contribution >= 4 is 38.2 Å². The lowest BCUT2D eigenvalue weighted by atomic mass is 10.1. The molecule has 1 atom stereocenters. The van der Waals surface area contributed by atoms with Crippen LogP contribution in [-0.4, -0.2) is 47.7 Å². The van der Waals surface area contributed by atoms with Crippen LogP contribution in [0.4, 0.5) is 0 Å². The fraction of sp³-hybridized carbons (Fsp3) is 0.300. The van der Waals surface area contributed by atoms with Crippen LogP contribution in [0.25, 0.3) is 0 Å². The molecule has 0 fully saturated rings. The van der Waals surface area contributed by atoms with Crippen molar-refractivity contribution < 1.29 is 14.7 Å². The number of nitrogens with zero attached hydrogens (tertiary/aromatic N) is 1. The van der Waals surface area contributed by atoms with Crippen molar-refractivity contribution in [2.24, 2.45) is 0 Å². The third-order valence-corrected chi connectivity index (χ3v) is 6.44. The number of carbonyl (C=O) groups is 1. The molecule has 1 rings (SSSR count). The molecule has 0 aliphatic heterocycles. The molecular weight excluding hydrogens is 274 g/mol. The fourth-order valence-electron chi connectivity index (χ4n) is 1.53. The number of carboxylic acid groups (broad SMARTS) is 1. The highest BCUT2D eigenvalue weighted by Crippen LogP contribution is 2.17. The fourth-order valence-corrected chi connectivity index (χ4v) is 2.86. The van der Waals surface area contributed by atoms with E-state index in [1.54, 1.807) is 0 Å². The Bertz CT molecular complexity index is 379. The lowest BCUT2D eigenvalue weighted by Crippen LogP contribution is -2.55. The molecule has 1 aromatic carbocycles. The van der Waals surface area contributed by atoms with E-state index in [4.69, 9.17) is 16.4 Å². The predicted octanol–water partition coefficient (Wildman–Crippen LogP) is -0.914. The van der Waals surface area contributed by atoms with Crippen molar-refractivity contribution in [3.63, 3.8) is 0 Å². The summed E-state index contributed by atoms with van der Waals surface area (Å²) < 4.78 is 1.49. The van der Waals surface area contributed by atoms with Gasteiger partial charge in [0.2, 0.25) is 0 Å². The minimum atomic E-state index is -0.942. The first kappa shape index (κ1) is 14.4. The van der Waals surface area contributed by atoms with Crippen molar-refractivity contribution in [1.82, 2.24) is 4.73 Å². The molecule has 1 N–H and O–H groups in total. The topological polar surface area (TPSA) is 49.8 Å². The molecule has 0 aliphatic rings. The number of hydrogen-bond acceptors (Lipinski definition) is 3. The van der Waals surface area contributed by atoms with Gasteiger partial charge in [-0.15, -0.1) is 0 Å². The van der Waals surface area contributed by atoms with Crippen LogP contribution >= 0.6 is 11.6 Å². The third kappa shape index (κ3) is 3.65. The maximum absolute atomic E-state index is 11.4. The number of carboxylic acids is 1. The number of benzene rings is 1. The Morgan fingerprint density at radius 2 is 2.06 bits per heavy atom. The van der Waals surface area contributed by atoms with Gasteiger partial charge in [-0.1, -0.05) is 41.9 Å². The summed E-state index contributed by atoms with van der Waals surface area (Å²) in [5.41, 5.74) is 0.990. The van der Waals surface area contributed by atoms with Gasteiger partial charge in [-0.25, -0.2) is 4.73 Å². The largest absolute Gasteiger partial charge is 0.480 e. The molecule has 94 valence electrons. The van der Waals surface area contributed by atoms with Crippen LogP contribution in [0.2, 0.25) is 0 Å². The quantitative estimate of drug-likeness (QED) is 0.418. The minimum Gasteiger partial charge on any atom is -0.480 e. The van der Waals surface area contributed by atoms with E-state index in [2.05, 4.69) is 0 Å². The molecule has 0 saturated carbocycles. The Kier molecular flexibility index (Phi) is 5.35. The molecule has 4 nitrogen and oxygen atoms in total. The molecule has 0 bridgehead atoms. The van der Waals surface area contributed by atoms with Crippen LogP contribution in [0.5, 0.6) is 0 Å². The molecule has 0 heterocycles. The Hall–Kier alpha value is -0.666. The van der Waals surface area contributed by atoms with Gasteiger partial charge in [-0.2, -0.15) is 0 Å². The van der Waals surface area contributed by atoms with Crippen LogP contribution < -0.4 is 0 Å². The summed E-state index contributed by atoms with van der Waals surface area (Å²) in [6.07, 6.45) is 0.440. The predicted molar refractivity (Wildman–Crippen MR) is 74.0 cm³/mol. The van der Waals surface area contributed by atoms with Gasteiger partial charge < -0.3 is 5.11 Å². The van der Waals surface area contributed by atoms with Crippen molar-refractivity contribution in [2.75, 3.05) is 6.07 Å². The van der Waals surface area contributed by atoms with E-state index < -0.39 is 11.1 Å². The normalized spacial score (nSPS) is 14.9. The molecule has 0 unspecified atom stereocenters. The first-order valence-corrected chi connectivity index (χ1v) is 7.63. The van der Waals surface area contributed by atoms with Gasteiger partial charge in [0.25, 0.3) is 0 Å². The molecule has 7 heteroatoms. The summed E-state index contributed by atoms with van der Waals surface area (Å²) in [5.74, 6) is -0.854. The number of alkyl halides is 1. The van der Waals surface area contributed by atoms with E-state index in [0.717, 1.165) is 5.56 Å². The van der Waals surface area contributed by atoms with Crippen LogP contribution in [0.3, 0.4) is 0 Å². The van der Waals surface area contributed by atoms with Gasteiger partial charge >= 0.3 is 5.97 Å². The zero-order valence-corrected chi connectivity index (χ0v) is 14.6. The maximum atomic E-state index is 11.4. The monoisotopic (exact) mass is 289 g/mol. The molecule has 0 radical (unpaired) electrons. The Balaban J connectivity index is 2.89. The van der Waals surface area contributed by atoms with Crippen molar-refractivity contribution in [3.8, 4) is 0 Å². The van der Waals surface area contributed by atoms with E-state index in [1.165, 1.54) is 4.73 Å². The van der Waals surface area contributed by atoms with E-state index in [-0.39, 0.29) is 6.07 Å². The molecular formula is C10H16ClNO3Si2. The van der Waals surface area contributed by atoms with E-state index in [9.17, 15) is 9.90 Å². The Morgan fingerprint density at radius 3 is 2.53 bits per heavy atom. The van der Waals surface area contributed by atoms with E-state index in [0.29, 0.717) is 27.1 Å². The minimum absolute atomic E-state index is 0.0183. The first-order valence-electron chi connectivity index (χ1n) is 5.20. The molecule has 1 aromatic rings. The summed E-state index contributed by atoms with van der Waals surface area (Å²) in [4.78, 5) is 16.6. The van der Waals surface area contributed by atoms with Gasteiger partial charge in [0, 0.05) is 10.2 Å². The van der Waals surface area contributed by atoms with E-state index in [1.807, 2.05) is 30.3 Å². The number of aliphatic carboxylic acids is 1. The number of rotatable bonds is 6. The Morgan fingerprint density at radius 1 is 1.47 bits per heavy atom. The smallest absolute Gasteiger partial charge is 0.321 e. The molecule has 0 aliphatic carbocycles. The van der Waals surface area contributed by atoms with Gasteiger partial charge in [-0.05, 0) is 12.0 Å². The second-order valence-electron chi connectivity index (χ2n) is 3.98. The van der Waals surface area contributed by atoms with Crippen LogP contribution in [-0.2, 0) is 16.1 Å². The van der Waals surface area contributed by atoms with Gasteiger partial charge in [0.15, 0.2) is 0 Å². The second kappa shape index (κ2) is 6.32. The molecule has 0 amide bonds. The van der Waals surface area contributed by atoms with Crippen LogP contribution in [0.1, 0.15) is 5.56 Å². The SMILES string of the molecule is O=C(O)[C@]([SiH3])(Cc1ccccc1)N([SiH3])OCCl. The second-order valence-corrected chi connectivity index (χ2v) is 6.66. The Labute approximate surface area is 111 Å². The summed E-state index contributed by atoms with van der Waals surface area (Å²) in [7, 11) is 0.959. The highest BCUT2D eigenvalue weighted by atomic mass is 35.5. The zero-order chi connectivity index (χ0) is 12.9. The van der Waals surface area contributed by atoms with Gasteiger partial charge in [0.05, 0.1) is 0 Å². The molecule has 0 aromatic heterocycles. The number of hydroxylamine groups is 1. The van der Waals surface area contributed by atoms with Crippen LogP contribution in [0, 0.1) is 0 Å². The zero-order valence-electron chi connectivity index (χ0n) is 9.89. The average molecular weight is 290 g/mol. The number of hydrogen-bond donors (Lipinski definition) is 1. The average Bonchev–Trinajstić information content (AvgIpc) is 2.30. The summed E-state index contributed by atoms with van der Waals surface area (Å²) in [6.45, 7) is 0. The van der Waals surface area contributed by atoms with Crippen LogP contribution in [0.15, 0.2) is 30.3 Å². The van der Waals surface area contributed by atoms with Crippen molar-refractivity contribution in [3.05, 3.63) is 35.9 Å². The lowest BCUT2D eigenvalue weighted by Gasteiger charge is -2.34. The number of halogens is 1. The van der Waals surface area contributed by atoms with Gasteiger partial charge in [-0.3, -0.25) is 9.63 Å². The van der Waals surface area contributed by atoms with Crippen molar-refractivity contribution in [1.29, 1.82) is 0 Å². The molecule has 0 spiro atoms. The third-order valence-electron chi connectivity index (χ3n) is 2.79. The standard InChI is InChI=1S/C10H16ClNO3Si2/c11-7-15-12(17)10(16,9(13)14)6-8-4-2-1-3-5-8/h1-5H,6-7H2,16-17H3,(H,13,14)/t10-/m1/s1. The van der Waals surface area contributed by atoms with Crippen molar-refractivity contribution in [2.45, 2.75) is 11.6 Å². The summed E-state index contributed by atoms with van der Waals surface area (Å²) >= 11 is 5.49. The summed E-state index contributed by atoms with van der Waals surface area (Å²) in [6, 6.07) is 9.54.